The molecule has 0 amide bonds. The summed E-state index contributed by atoms with van der Waals surface area (Å²) in [7, 11) is 0. The second-order valence-electron chi connectivity index (χ2n) is 2.23. The lowest BCUT2D eigenvalue weighted by Gasteiger charge is -1.91. The molecule has 0 nitrogen and oxygen atoms in total. The van der Waals surface area contributed by atoms with E-state index in [0.717, 1.165) is 4.48 Å². The first-order valence-corrected chi connectivity index (χ1v) is 5.23. The average Bonchev–Trinajstić information content (AvgIpc) is 2.06. The SMILES string of the molecule is Br/C=C/C(Br)=C/c1ccccc1. The summed E-state index contributed by atoms with van der Waals surface area (Å²) in [6.07, 6.45) is 3.99. The minimum absolute atomic E-state index is 1.05. The van der Waals surface area contributed by atoms with Gasteiger partial charge in [0.25, 0.3) is 0 Å². The van der Waals surface area contributed by atoms with Crippen molar-refractivity contribution >= 4 is 37.9 Å². The Labute approximate surface area is 89.2 Å². The molecule has 0 saturated heterocycles. The fraction of sp³-hybridized carbons (Fsp3) is 0. The van der Waals surface area contributed by atoms with Gasteiger partial charge in [-0.1, -0.05) is 62.2 Å². The molecule has 0 aliphatic carbocycles. The monoisotopic (exact) mass is 286 g/mol. The third-order valence-electron chi connectivity index (χ3n) is 1.33. The van der Waals surface area contributed by atoms with E-state index >= 15 is 0 Å². The van der Waals surface area contributed by atoms with Gasteiger partial charge in [0.1, 0.15) is 0 Å². The number of hydrogen-bond acceptors (Lipinski definition) is 0. The van der Waals surface area contributed by atoms with Gasteiger partial charge in [-0.3, -0.25) is 0 Å². The van der Waals surface area contributed by atoms with Gasteiger partial charge in [0.05, 0.1) is 0 Å². The number of benzene rings is 1. The molecule has 0 radical (unpaired) electrons. The Morgan fingerprint density at radius 3 is 2.42 bits per heavy atom. The summed E-state index contributed by atoms with van der Waals surface area (Å²) in [6, 6.07) is 10.2. The van der Waals surface area contributed by atoms with Crippen LogP contribution in [0.25, 0.3) is 6.08 Å². The molecule has 0 fully saturated rings. The molecule has 1 rings (SSSR count). The fourth-order valence-corrected chi connectivity index (χ4v) is 1.85. The summed E-state index contributed by atoms with van der Waals surface area (Å²) in [5, 5.41) is 0. The second kappa shape index (κ2) is 5.33. The van der Waals surface area contributed by atoms with Crippen molar-refractivity contribution in [2.45, 2.75) is 0 Å². The number of rotatable bonds is 2. The summed E-state index contributed by atoms with van der Waals surface area (Å²) in [5.41, 5.74) is 1.19. The second-order valence-corrected chi connectivity index (χ2v) is 3.68. The Morgan fingerprint density at radius 1 is 1.17 bits per heavy atom. The fourth-order valence-electron chi connectivity index (χ4n) is 0.817. The molecule has 0 spiro atoms. The molecule has 0 aliphatic rings. The van der Waals surface area contributed by atoms with Gasteiger partial charge < -0.3 is 0 Å². The maximum atomic E-state index is 3.42. The molecular formula is C10H8Br2. The first kappa shape index (κ1) is 9.75. The van der Waals surface area contributed by atoms with Gasteiger partial charge in [-0.2, -0.15) is 0 Å². The maximum Gasteiger partial charge on any atom is 0.0186 e. The van der Waals surface area contributed by atoms with Crippen molar-refractivity contribution in [3.05, 3.63) is 51.4 Å². The third kappa shape index (κ3) is 3.37. The summed E-state index contributed by atoms with van der Waals surface area (Å²) < 4.78 is 1.05. The molecule has 0 aromatic heterocycles. The zero-order valence-corrected chi connectivity index (χ0v) is 9.55. The van der Waals surface area contributed by atoms with Crippen LogP contribution in [0.5, 0.6) is 0 Å². The lowest BCUT2D eigenvalue weighted by molar-refractivity contribution is 1.66. The van der Waals surface area contributed by atoms with Crippen LogP contribution in [-0.4, -0.2) is 0 Å². The first-order valence-electron chi connectivity index (χ1n) is 3.52. The zero-order chi connectivity index (χ0) is 8.81. The predicted molar refractivity (Wildman–Crippen MR) is 61.4 cm³/mol. The van der Waals surface area contributed by atoms with E-state index in [0.29, 0.717) is 0 Å². The van der Waals surface area contributed by atoms with Crippen LogP contribution in [-0.2, 0) is 0 Å². The van der Waals surface area contributed by atoms with Crippen LogP contribution in [0, 0.1) is 0 Å². The Balaban J connectivity index is 2.81. The molecule has 2 heteroatoms. The van der Waals surface area contributed by atoms with Crippen molar-refractivity contribution in [1.29, 1.82) is 0 Å². The van der Waals surface area contributed by atoms with Crippen molar-refractivity contribution in [1.82, 2.24) is 0 Å². The van der Waals surface area contributed by atoms with E-state index in [-0.39, 0.29) is 0 Å². The molecule has 62 valence electrons. The lowest BCUT2D eigenvalue weighted by atomic mass is 10.2. The summed E-state index contributed by atoms with van der Waals surface area (Å²) in [4.78, 5) is 1.82. The molecule has 0 saturated carbocycles. The first-order chi connectivity index (χ1) is 5.83. The highest BCUT2D eigenvalue weighted by molar-refractivity contribution is 9.12. The largest absolute Gasteiger partial charge is 0.0622 e. The Kier molecular flexibility index (Phi) is 4.33. The molecule has 12 heavy (non-hydrogen) atoms. The summed E-state index contributed by atoms with van der Waals surface area (Å²) >= 11 is 6.63. The van der Waals surface area contributed by atoms with Crippen molar-refractivity contribution in [3.8, 4) is 0 Å². The van der Waals surface area contributed by atoms with E-state index < -0.39 is 0 Å². The third-order valence-corrected chi connectivity index (χ3v) is 2.08. The number of hydrogen-bond donors (Lipinski definition) is 0. The molecule has 0 atom stereocenters. The van der Waals surface area contributed by atoms with Crippen LogP contribution in [0.1, 0.15) is 5.56 Å². The van der Waals surface area contributed by atoms with Gasteiger partial charge in [-0.25, -0.2) is 0 Å². The van der Waals surface area contributed by atoms with Gasteiger partial charge in [0.15, 0.2) is 0 Å². The Morgan fingerprint density at radius 2 is 1.83 bits per heavy atom. The van der Waals surface area contributed by atoms with Crippen LogP contribution in [0.2, 0.25) is 0 Å². The van der Waals surface area contributed by atoms with E-state index in [9.17, 15) is 0 Å². The lowest BCUT2D eigenvalue weighted by Crippen LogP contribution is -1.69. The van der Waals surface area contributed by atoms with Crippen molar-refractivity contribution in [2.24, 2.45) is 0 Å². The van der Waals surface area contributed by atoms with E-state index in [2.05, 4.69) is 50.1 Å². The molecule has 0 unspecified atom stereocenters. The van der Waals surface area contributed by atoms with E-state index in [1.165, 1.54) is 5.56 Å². The van der Waals surface area contributed by atoms with Crippen LogP contribution >= 0.6 is 31.9 Å². The molecule has 0 aliphatic heterocycles. The van der Waals surface area contributed by atoms with Crippen LogP contribution in [0.15, 0.2) is 45.9 Å². The van der Waals surface area contributed by atoms with E-state index in [1.54, 1.807) is 0 Å². The van der Waals surface area contributed by atoms with Gasteiger partial charge >= 0.3 is 0 Å². The molecular weight excluding hydrogens is 280 g/mol. The minimum atomic E-state index is 1.05. The molecule has 0 bridgehead atoms. The van der Waals surface area contributed by atoms with E-state index in [4.69, 9.17) is 0 Å². The molecule has 1 aromatic rings. The number of allylic oxidation sites excluding steroid dienone is 2. The highest BCUT2D eigenvalue weighted by Gasteiger charge is 1.86. The predicted octanol–water partition coefficient (Wildman–Crippen LogP) is 4.33. The smallest absolute Gasteiger partial charge is 0.0186 e. The minimum Gasteiger partial charge on any atom is -0.0622 e. The Bertz CT molecular complexity index is 286. The normalized spacial score (nSPS) is 12.3. The average molecular weight is 288 g/mol. The summed E-state index contributed by atoms with van der Waals surface area (Å²) in [6.45, 7) is 0. The molecule has 0 heterocycles. The zero-order valence-electron chi connectivity index (χ0n) is 6.37. The molecule has 1 aromatic carbocycles. The van der Waals surface area contributed by atoms with Gasteiger partial charge in [-0.15, -0.1) is 0 Å². The standard InChI is InChI=1S/C10H8Br2/c11-7-6-10(12)8-9-4-2-1-3-5-9/h1-8H/b7-6+,10-8-. The quantitative estimate of drug-likeness (QED) is 0.710. The highest BCUT2D eigenvalue weighted by Crippen LogP contribution is 2.13. The summed E-state index contributed by atoms with van der Waals surface area (Å²) in [5.74, 6) is 0. The van der Waals surface area contributed by atoms with Gasteiger partial charge in [-0.05, 0) is 22.7 Å². The van der Waals surface area contributed by atoms with Gasteiger partial charge in [0.2, 0.25) is 0 Å². The maximum absolute atomic E-state index is 3.42. The van der Waals surface area contributed by atoms with Crippen LogP contribution in [0.3, 0.4) is 0 Å². The number of halogens is 2. The molecule has 0 N–H and O–H groups in total. The van der Waals surface area contributed by atoms with Crippen molar-refractivity contribution in [3.63, 3.8) is 0 Å². The van der Waals surface area contributed by atoms with E-state index in [1.807, 2.05) is 29.3 Å². The topological polar surface area (TPSA) is 0 Å². The van der Waals surface area contributed by atoms with Crippen LogP contribution < -0.4 is 0 Å². The van der Waals surface area contributed by atoms with Crippen molar-refractivity contribution in [2.75, 3.05) is 0 Å². The Hall–Kier alpha value is -0.340. The van der Waals surface area contributed by atoms with Crippen molar-refractivity contribution < 1.29 is 0 Å². The van der Waals surface area contributed by atoms with Crippen LogP contribution in [0.4, 0.5) is 0 Å². The highest BCUT2D eigenvalue weighted by atomic mass is 79.9. The van der Waals surface area contributed by atoms with Gasteiger partial charge in [0, 0.05) is 4.48 Å².